The molecular weight excluding hydrogens is 457 g/mol. The molecule has 1 unspecified atom stereocenters. The van der Waals surface area contributed by atoms with Crippen LogP contribution in [0.15, 0.2) is 41.9 Å². The fourth-order valence-electron chi connectivity index (χ4n) is 3.00. The SMILES string of the molecule is C=CCOc1ccccc1CNC(=NC)N1CCC(COCCOC)C1.I. The summed E-state index contributed by atoms with van der Waals surface area (Å²) in [6, 6.07) is 8.04. The number of para-hydroxylation sites is 1. The van der Waals surface area contributed by atoms with Crippen LogP contribution in [0, 0.1) is 5.92 Å². The molecule has 1 atom stereocenters. The number of hydrogen-bond donors (Lipinski definition) is 1. The van der Waals surface area contributed by atoms with Crippen LogP contribution in [0.1, 0.15) is 12.0 Å². The van der Waals surface area contributed by atoms with Gasteiger partial charge < -0.3 is 24.4 Å². The lowest BCUT2D eigenvalue weighted by molar-refractivity contribution is 0.0536. The summed E-state index contributed by atoms with van der Waals surface area (Å²) in [5.41, 5.74) is 1.11. The predicted molar refractivity (Wildman–Crippen MR) is 120 cm³/mol. The summed E-state index contributed by atoms with van der Waals surface area (Å²) in [5.74, 6) is 2.33. The number of hydrogen-bond acceptors (Lipinski definition) is 4. The van der Waals surface area contributed by atoms with Crippen molar-refractivity contribution in [1.29, 1.82) is 0 Å². The van der Waals surface area contributed by atoms with Crippen molar-refractivity contribution >= 4 is 29.9 Å². The summed E-state index contributed by atoms with van der Waals surface area (Å²) in [6.45, 7) is 8.90. The standard InChI is InChI=1S/C20H31N3O3.HI/c1-4-11-26-19-8-6-5-7-18(19)14-22-20(21-2)23-10-9-17(15-23)16-25-13-12-24-3;/h4-8,17H,1,9-16H2,2-3H3,(H,21,22);1H. The number of guanidine groups is 1. The number of likely N-dealkylation sites (tertiary alicyclic amines) is 1. The second kappa shape index (κ2) is 13.8. The number of halogens is 1. The van der Waals surface area contributed by atoms with Crippen molar-refractivity contribution in [2.75, 3.05) is 53.7 Å². The van der Waals surface area contributed by atoms with Gasteiger partial charge in [0.25, 0.3) is 0 Å². The molecule has 1 saturated heterocycles. The van der Waals surface area contributed by atoms with Gasteiger partial charge in [0.2, 0.25) is 0 Å². The van der Waals surface area contributed by atoms with Gasteiger partial charge in [0, 0.05) is 45.3 Å². The Hall–Kier alpha value is -1.32. The lowest BCUT2D eigenvalue weighted by Crippen LogP contribution is -2.40. The number of methoxy groups -OCH3 is 1. The number of nitrogens with zero attached hydrogens (tertiary/aromatic N) is 2. The van der Waals surface area contributed by atoms with Gasteiger partial charge in [0.15, 0.2) is 5.96 Å². The van der Waals surface area contributed by atoms with E-state index in [9.17, 15) is 0 Å². The van der Waals surface area contributed by atoms with E-state index in [4.69, 9.17) is 14.2 Å². The molecule has 7 heteroatoms. The first-order chi connectivity index (χ1) is 12.8. The Kier molecular flexibility index (Phi) is 12.1. The fraction of sp³-hybridized carbons (Fsp3) is 0.550. The molecule has 1 fully saturated rings. The molecule has 0 aromatic heterocycles. The molecule has 1 aliphatic rings. The van der Waals surface area contributed by atoms with Crippen molar-refractivity contribution in [2.24, 2.45) is 10.9 Å². The molecule has 1 aliphatic heterocycles. The van der Waals surface area contributed by atoms with Crippen LogP contribution in [0.5, 0.6) is 5.75 Å². The van der Waals surface area contributed by atoms with Gasteiger partial charge in [0.05, 0.1) is 19.8 Å². The largest absolute Gasteiger partial charge is 0.489 e. The van der Waals surface area contributed by atoms with Crippen LogP contribution < -0.4 is 10.1 Å². The van der Waals surface area contributed by atoms with Crippen LogP contribution in [0.2, 0.25) is 0 Å². The van der Waals surface area contributed by atoms with E-state index in [0.29, 0.717) is 32.3 Å². The number of rotatable bonds is 10. The molecule has 1 heterocycles. The van der Waals surface area contributed by atoms with Gasteiger partial charge in [-0.15, -0.1) is 24.0 Å². The minimum absolute atomic E-state index is 0. The number of aliphatic imine (C=N–C) groups is 1. The van der Waals surface area contributed by atoms with Gasteiger partial charge >= 0.3 is 0 Å². The molecule has 152 valence electrons. The van der Waals surface area contributed by atoms with E-state index in [0.717, 1.165) is 43.4 Å². The molecule has 0 aliphatic carbocycles. The third kappa shape index (κ3) is 8.06. The molecule has 27 heavy (non-hydrogen) atoms. The van der Waals surface area contributed by atoms with Crippen molar-refractivity contribution < 1.29 is 14.2 Å². The summed E-state index contributed by atoms with van der Waals surface area (Å²) < 4.78 is 16.4. The van der Waals surface area contributed by atoms with Gasteiger partial charge in [-0.3, -0.25) is 4.99 Å². The van der Waals surface area contributed by atoms with E-state index in [1.165, 1.54) is 0 Å². The monoisotopic (exact) mass is 489 g/mol. The number of nitrogens with one attached hydrogen (secondary N) is 1. The van der Waals surface area contributed by atoms with Crippen molar-refractivity contribution in [3.63, 3.8) is 0 Å². The van der Waals surface area contributed by atoms with E-state index >= 15 is 0 Å². The normalized spacial score (nSPS) is 16.7. The third-order valence-electron chi connectivity index (χ3n) is 4.35. The summed E-state index contributed by atoms with van der Waals surface area (Å²) in [7, 11) is 3.52. The Morgan fingerprint density at radius 3 is 2.93 bits per heavy atom. The first-order valence-corrected chi connectivity index (χ1v) is 9.12. The van der Waals surface area contributed by atoms with Crippen molar-refractivity contribution in [1.82, 2.24) is 10.2 Å². The lowest BCUT2D eigenvalue weighted by Gasteiger charge is -2.22. The van der Waals surface area contributed by atoms with E-state index in [1.807, 2.05) is 25.2 Å². The second-order valence-electron chi connectivity index (χ2n) is 6.28. The minimum atomic E-state index is 0. The first-order valence-electron chi connectivity index (χ1n) is 9.12. The highest BCUT2D eigenvalue weighted by atomic mass is 127. The Morgan fingerprint density at radius 2 is 2.19 bits per heavy atom. The van der Waals surface area contributed by atoms with Crippen LogP contribution in [0.25, 0.3) is 0 Å². The van der Waals surface area contributed by atoms with Crippen molar-refractivity contribution in [3.8, 4) is 5.75 Å². The Bertz CT molecular complexity index is 583. The van der Waals surface area contributed by atoms with Crippen LogP contribution in [0.3, 0.4) is 0 Å². The Balaban J connectivity index is 0.00000364. The van der Waals surface area contributed by atoms with E-state index in [1.54, 1.807) is 13.2 Å². The van der Waals surface area contributed by atoms with Crippen molar-refractivity contribution in [2.45, 2.75) is 13.0 Å². The average Bonchev–Trinajstić information content (AvgIpc) is 3.13. The molecule has 2 rings (SSSR count). The number of ether oxygens (including phenoxy) is 3. The maximum Gasteiger partial charge on any atom is 0.193 e. The third-order valence-corrected chi connectivity index (χ3v) is 4.35. The van der Waals surface area contributed by atoms with E-state index in [-0.39, 0.29) is 24.0 Å². The summed E-state index contributed by atoms with van der Waals surface area (Å²) in [6.07, 6.45) is 2.87. The quantitative estimate of drug-likeness (QED) is 0.180. The molecule has 1 aromatic rings. The van der Waals surface area contributed by atoms with Gasteiger partial charge in [-0.25, -0.2) is 0 Å². The zero-order chi connectivity index (χ0) is 18.6. The van der Waals surface area contributed by atoms with Gasteiger partial charge in [0.1, 0.15) is 12.4 Å². The minimum Gasteiger partial charge on any atom is -0.489 e. The zero-order valence-electron chi connectivity index (χ0n) is 16.4. The predicted octanol–water partition coefficient (Wildman–Crippen LogP) is 2.93. The highest BCUT2D eigenvalue weighted by Gasteiger charge is 2.25. The molecule has 0 bridgehead atoms. The molecule has 0 spiro atoms. The summed E-state index contributed by atoms with van der Waals surface area (Å²) in [5, 5.41) is 3.45. The van der Waals surface area contributed by atoms with Gasteiger partial charge in [-0.05, 0) is 12.5 Å². The smallest absolute Gasteiger partial charge is 0.193 e. The molecule has 1 N–H and O–H groups in total. The van der Waals surface area contributed by atoms with Gasteiger partial charge in [-0.1, -0.05) is 30.9 Å². The molecule has 0 saturated carbocycles. The van der Waals surface area contributed by atoms with Crippen molar-refractivity contribution in [3.05, 3.63) is 42.5 Å². The molecule has 0 amide bonds. The molecule has 1 aromatic carbocycles. The van der Waals surface area contributed by atoms with Crippen LogP contribution in [-0.4, -0.2) is 64.5 Å². The number of benzene rings is 1. The van der Waals surface area contributed by atoms with Crippen LogP contribution in [0.4, 0.5) is 0 Å². The highest BCUT2D eigenvalue weighted by molar-refractivity contribution is 14.0. The second-order valence-corrected chi connectivity index (χ2v) is 6.28. The highest BCUT2D eigenvalue weighted by Crippen LogP contribution is 2.19. The lowest BCUT2D eigenvalue weighted by atomic mass is 10.1. The van der Waals surface area contributed by atoms with Crippen LogP contribution in [-0.2, 0) is 16.0 Å². The van der Waals surface area contributed by atoms with E-state index < -0.39 is 0 Å². The maximum atomic E-state index is 5.72. The first kappa shape index (κ1) is 23.7. The topological polar surface area (TPSA) is 55.3 Å². The summed E-state index contributed by atoms with van der Waals surface area (Å²) >= 11 is 0. The summed E-state index contributed by atoms with van der Waals surface area (Å²) in [4.78, 5) is 6.72. The molecule has 6 nitrogen and oxygen atoms in total. The fourth-order valence-corrected chi connectivity index (χ4v) is 3.00. The maximum absolute atomic E-state index is 5.72. The Labute approximate surface area is 180 Å². The van der Waals surface area contributed by atoms with Crippen LogP contribution >= 0.6 is 24.0 Å². The van der Waals surface area contributed by atoms with E-state index in [2.05, 4.69) is 27.9 Å². The zero-order valence-corrected chi connectivity index (χ0v) is 18.7. The molecule has 0 radical (unpaired) electrons. The van der Waals surface area contributed by atoms with Gasteiger partial charge in [-0.2, -0.15) is 0 Å². The Morgan fingerprint density at radius 1 is 1.37 bits per heavy atom. The average molecular weight is 489 g/mol. The molecular formula is C20H32IN3O3.